The maximum atomic E-state index is 13.3. The monoisotopic (exact) mass is 427 g/mol. The Bertz CT molecular complexity index is 1220. The van der Waals surface area contributed by atoms with E-state index in [1.165, 1.54) is 29.2 Å². The Hall–Kier alpha value is -4.26. The standard InChI is InChI=1S/C25H21N3O4/c1-17-7-5-6-10-21(17)26-23-22(19-11-13-20(14-12-19)28(31)32)24(29)27(25(23)30)16-15-18-8-3-2-4-9-18/h2-14,26H,15-16H2,1H3. The average molecular weight is 427 g/mol. The van der Waals surface area contributed by atoms with Gasteiger partial charge in [-0.1, -0.05) is 48.5 Å². The van der Waals surface area contributed by atoms with Crippen molar-refractivity contribution in [3.05, 3.63) is 111 Å². The molecule has 0 saturated heterocycles. The Labute approximate surface area is 185 Å². The van der Waals surface area contributed by atoms with E-state index in [2.05, 4.69) is 5.32 Å². The number of nitrogens with one attached hydrogen (secondary N) is 1. The first-order chi connectivity index (χ1) is 15.5. The molecule has 0 atom stereocenters. The minimum Gasteiger partial charge on any atom is -0.350 e. The van der Waals surface area contributed by atoms with E-state index < -0.39 is 16.7 Å². The highest BCUT2D eigenvalue weighted by Crippen LogP contribution is 2.32. The molecule has 3 aromatic carbocycles. The van der Waals surface area contributed by atoms with E-state index in [1.807, 2.05) is 61.5 Å². The first-order valence-corrected chi connectivity index (χ1v) is 10.2. The van der Waals surface area contributed by atoms with Crippen LogP contribution in [0.3, 0.4) is 0 Å². The number of imide groups is 1. The van der Waals surface area contributed by atoms with Gasteiger partial charge in [-0.2, -0.15) is 0 Å². The molecule has 4 rings (SSSR count). The van der Waals surface area contributed by atoms with E-state index in [0.717, 1.165) is 11.1 Å². The molecule has 0 saturated carbocycles. The number of hydrogen-bond acceptors (Lipinski definition) is 5. The SMILES string of the molecule is Cc1ccccc1NC1=C(c2ccc([N+](=O)[O-])cc2)C(=O)N(CCc2ccccc2)C1=O. The summed E-state index contributed by atoms with van der Waals surface area (Å²) in [7, 11) is 0. The van der Waals surface area contributed by atoms with Crippen LogP contribution in [0.5, 0.6) is 0 Å². The molecule has 1 aliphatic heterocycles. The zero-order chi connectivity index (χ0) is 22.7. The molecule has 32 heavy (non-hydrogen) atoms. The van der Waals surface area contributed by atoms with Gasteiger partial charge in [0, 0.05) is 24.4 Å². The number of aryl methyl sites for hydroxylation is 1. The molecular formula is C25H21N3O4. The number of non-ortho nitro benzene ring substituents is 1. The number of benzene rings is 3. The van der Waals surface area contributed by atoms with Crippen molar-refractivity contribution in [3.8, 4) is 0 Å². The predicted molar refractivity (Wildman–Crippen MR) is 122 cm³/mol. The molecule has 1 aliphatic rings. The Morgan fingerprint density at radius 2 is 1.53 bits per heavy atom. The zero-order valence-corrected chi connectivity index (χ0v) is 17.4. The van der Waals surface area contributed by atoms with Gasteiger partial charge in [0.15, 0.2) is 0 Å². The van der Waals surface area contributed by atoms with Crippen LogP contribution in [0.2, 0.25) is 0 Å². The van der Waals surface area contributed by atoms with Crippen LogP contribution in [-0.2, 0) is 16.0 Å². The van der Waals surface area contributed by atoms with Gasteiger partial charge < -0.3 is 5.32 Å². The Morgan fingerprint density at radius 3 is 2.19 bits per heavy atom. The van der Waals surface area contributed by atoms with Gasteiger partial charge >= 0.3 is 0 Å². The fourth-order valence-electron chi connectivity index (χ4n) is 3.65. The van der Waals surface area contributed by atoms with Crippen molar-refractivity contribution in [2.45, 2.75) is 13.3 Å². The highest BCUT2D eigenvalue weighted by atomic mass is 16.6. The Kier molecular flexibility index (Phi) is 5.81. The largest absolute Gasteiger partial charge is 0.350 e. The molecule has 7 nitrogen and oxygen atoms in total. The molecule has 0 aliphatic carbocycles. The fraction of sp³-hybridized carbons (Fsp3) is 0.120. The normalized spacial score (nSPS) is 13.6. The number of para-hydroxylation sites is 1. The minimum atomic E-state index is -0.502. The van der Waals surface area contributed by atoms with E-state index in [-0.39, 0.29) is 23.5 Å². The summed E-state index contributed by atoms with van der Waals surface area (Å²) in [5.41, 5.74) is 3.41. The first kappa shape index (κ1) is 21.0. The summed E-state index contributed by atoms with van der Waals surface area (Å²) in [6.07, 6.45) is 0.531. The third-order valence-corrected chi connectivity index (χ3v) is 5.41. The summed E-state index contributed by atoms with van der Waals surface area (Å²) in [6.45, 7) is 2.14. The van der Waals surface area contributed by atoms with Gasteiger partial charge in [-0.05, 0) is 48.2 Å². The summed E-state index contributed by atoms with van der Waals surface area (Å²) in [6, 6.07) is 22.8. The molecule has 160 valence electrons. The fourth-order valence-corrected chi connectivity index (χ4v) is 3.65. The molecule has 0 bridgehead atoms. The average Bonchev–Trinajstić information content (AvgIpc) is 3.03. The van der Waals surface area contributed by atoms with Crippen LogP contribution in [0.1, 0.15) is 16.7 Å². The number of carbonyl (C=O) groups is 2. The third-order valence-electron chi connectivity index (χ3n) is 5.41. The van der Waals surface area contributed by atoms with Crippen molar-refractivity contribution in [2.24, 2.45) is 0 Å². The summed E-state index contributed by atoms with van der Waals surface area (Å²) < 4.78 is 0. The van der Waals surface area contributed by atoms with Crippen LogP contribution < -0.4 is 5.32 Å². The van der Waals surface area contributed by atoms with Crippen LogP contribution in [0.15, 0.2) is 84.6 Å². The highest BCUT2D eigenvalue weighted by molar-refractivity contribution is 6.36. The van der Waals surface area contributed by atoms with Crippen molar-refractivity contribution in [3.63, 3.8) is 0 Å². The molecule has 0 unspecified atom stereocenters. The van der Waals surface area contributed by atoms with Crippen LogP contribution in [0.25, 0.3) is 5.57 Å². The van der Waals surface area contributed by atoms with Crippen molar-refractivity contribution < 1.29 is 14.5 Å². The Balaban J connectivity index is 1.70. The van der Waals surface area contributed by atoms with E-state index >= 15 is 0 Å². The van der Waals surface area contributed by atoms with Gasteiger partial charge in [-0.15, -0.1) is 0 Å². The lowest BCUT2D eigenvalue weighted by Gasteiger charge is -2.15. The number of nitrogens with zero attached hydrogens (tertiary/aromatic N) is 2. The number of rotatable bonds is 7. The van der Waals surface area contributed by atoms with Crippen LogP contribution >= 0.6 is 0 Å². The molecule has 0 radical (unpaired) electrons. The summed E-state index contributed by atoms with van der Waals surface area (Å²) in [5.74, 6) is -0.835. The minimum absolute atomic E-state index is 0.0829. The van der Waals surface area contributed by atoms with Crippen molar-refractivity contribution >= 4 is 28.8 Å². The lowest BCUT2D eigenvalue weighted by Crippen LogP contribution is -2.34. The highest BCUT2D eigenvalue weighted by Gasteiger charge is 2.39. The van der Waals surface area contributed by atoms with E-state index in [1.54, 1.807) is 0 Å². The maximum absolute atomic E-state index is 13.3. The third kappa shape index (κ3) is 4.13. The van der Waals surface area contributed by atoms with Crippen LogP contribution in [0, 0.1) is 17.0 Å². The molecule has 7 heteroatoms. The van der Waals surface area contributed by atoms with Gasteiger partial charge in [0.1, 0.15) is 5.70 Å². The Morgan fingerprint density at radius 1 is 0.875 bits per heavy atom. The summed E-state index contributed by atoms with van der Waals surface area (Å²) >= 11 is 0. The van der Waals surface area contributed by atoms with E-state index in [9.17, 15) is 19.7 Å². The number of anilines is 1. The molecule has 0 aromatic heterocycles. The van der Waals surface area contributed by atoms with E-state index in [4.69, 9.17) is 0 Å². The van der Waals surface area contributed by atoms with Gasteiger partial charge in [0.25, 0.3) is 17.5 Å². The predicted octanol–water partition coefficient (Wildman–Crippen LogP) is 4.34. The van der Waals surface area contributed by atoms with Gasteiger partial charge in [0.2, 0.25) is 0 Å². The quantitative estimate of drug-likeness (QED) is 0.344. The van der Waals surface area contributed by atoms with Crippen LogP contribution in [-0.4, -0.2) is 28.2 Å². The molecule has 3 aromatic rings. The number of amides is 2. The molecular weight excluding hydrogens is 406 g/mol. The maximum Gasteiger partial charge on any atom is 0.278 e. The second kappa shape index (κ2) is 8.85. The molecule has 2 amide bonds. The molecule has 0 spiro atoms. The molecule has 1 N–H and O–H groups in total. The number of nitro groups is 1. The summed E-state index contributed by atoms with van der Waals surface area (Å²) in [5, 5.41) is 14.2. The lowest BCUT2D eigenvalue weighted by atomic mass is 10.0. The zero-order valence-electron chi connectivity index (χ0n) is 17.4. The second-order valence-electron chi connectivity index (χ2n) is 7.49. The number of hydrogen-bond donors (Lipinski definition) is 1. The van der Waals surface area contributed by atoms with Crippen molar-refractivity contribution in [1.29, 1.82) is 0 Å². The van der Waals surface area contributed by atoms with E-state index in [0.29, 0.717) is 17.7 Å². The first-order valence-electron chi connectivity index (χ1n) is 10.2. The molecule has 0 fully saturated rings. The second-order valence-corrected chi connectivity index (χ2v) is 7.49. The number of nitro benzene ring substituents is 1. The topological polar surface area (TPSA) is 92.6 Å². The smallest absolute Gasteiger partial charge is 0.278 e. The van der Waals surface area contributed by atoms with Gasteiger partial charge in [-0.25, -0.2) is 0 Å². The van der Waals surface area contributed by atoms with Crippen LogP contribution in [0.4, 0.5) is 11.4 Å². The van der Waals surface area contributed by atoms with Gasteiger partial charge in [0.05, 0.1) is 10.5 Å². The molecule has 1 heterocycles. The summed E-state index contributed by atoms with van der Waals surface area (Å²) in [4.78, 5) is 38.3. The van der Waals surface area contributed by atoms with Crippen molar-refractivity contribution in [1.82, 2.24) is 4.90 Å². The lowest BCUT2D eigenvalue weighted by molar-refractivity contribution is -0.384. The van der Waals surface area contributed by atoms with Crippen molar-refractivity contribution in [2.75, 3.05) is 11.9 Å². The van der Waals surface area contributed by atoms with Gasteiger partial charge in [-0.3, -0.25) is 24.6 Å². The number of carbonyl (C=O) groups excluding carboxylic acids is 2.